The van der Waals surface area contributed by atoms with Crippen LogP contribution in [0.3, 0.4) is 0 Å². The number of rotatable bonds is 12. The van der Waals surface area contributed by atoms with E-state index in [1.54, 1.807) is 94.4 Å². The van der Waals surface area contributed by atoms with Gasteiger partial charge in [-0.25, -0.2) is 61.9 Å². The Labute approximate surface area is 868 Å². The molecule has 17 aromatic rings. The van der Waals surface area contributed by atoms with Gasteiger partial charge in [0.1, 0.15) is 62.1 Å². The van der Waals surface area contributed by atoms with Crippen LogP contribution in [0.2, 0.25) is 15.5 Å². The molecule has 0 aliphatic rings. The number of aromatic amines is 2. The fourth-order valence-electron chi connectivity index (χ4n) is 12.0. The number of carbonyl (C=O) groups excluding carboxylic acids is 3. The number of anilines is 1. The average molecular weight is 2200 g/mol. The number of hydrogen-bond donors (Lipinski definition) is 9. The van der Waals surface area contributed by atoms with E-state index in [0.29, 0.717) is 74.4 Å². The number of hydrogen-bond acceptors (Lipinski definition) is 28. The quantitative estimate of drug-likeness (QED) is 0.0110. The van der Waals surface area contributed by atoms with Gasteiger partial charge in [0.05, 0.1) is 88.7 Å². The normalized spacial score (nSPS) is 9.82. The topological polar surface area (TPSA) is 610 Å². The summed E-state index contributed by atoms with van der Waals surface area (Å²) in [5.41, 5.74) is 17.0. The summed E-state index contributed by atoms with van der Waals surface area (Å²) in [5, 5.41) is 49.5. The minimum Gasteiger partial charge on any atom is -1.00 e. The number of aromatic hydroxyl groups is 1. The largest absolute Gasteiger partial charge is 2.00 e. The van der Waals surface area contributed by atoms with Crippen LogP contribution in [0.5, 0.6) is 5.06 Å². The molecule has 0 aliphatic heterocycles. The number of nitriles is 1. The van der Waals surface area contributed by atoms with E-state index in [9.17, 15) is 67.4 Å². The molecule has 143 heavy (non-hydrogen) atoms. The molecule has 0 aliphatic carbocycles. The van der Waals surface area contributed by atoms with Crippen LogP contribution in [0.4, 0.5) is 5.82 Å². The standard InChI is InChI=1S/C14H12ClN3O2.C13H8ClN3O2.C13H10ClN3O.C13H11N3O.C11H11N3O.C11H10N2O2.C6H5NO4S.C3H4O4.C2H3ClO.C2H4N2.C2H4O2.2CH4.CH3.BrH.Mg.O2Se/c1-9(19)11-7-13-16-8-12(15)18(13)14(20)17(11)10-5-3-2-4-6-10;14-11-7-15-12-6-10(8-18)16(13(19)17(11)12)9-4-2-1-3-5-9;1-9-7-12-15-8-11(14)17(12)13(18)16(9)10-5-3-2-4-6-10;1-10-9-12-14-7-8-15(12)13(17)16(10)11-5-3-2-4-6-11;1-8-7-10(12)13-11(15)14(8)9-5-3-2-4-6-9;1-8-7-10(14)12-11(15)13(8)9-5-3-2-4-6-9;1-2(8)3-4(9)7-6(11)12-5(3)10;4-2(5)1-3(6)7;2*3-1-2-4;1-2(3)4;;;;;;1-3-2/h2-9,19H,1H3;1-8H;2-8H,1H3;2-9H,1H3;2-7H,1H3,(H2,12,13,15);2-7H,1H3,(H,12,14,15);10H,1H3,(H,7,9,11);1H2,(H,4,5)(H,6,7);2H,1H2;1,3H2;1H3,(H,3,4);2*1H4;1H3;1H;;/q;;;;;;;;;;;;;-1;;+2;/p-1. The van der Waals surface area contributed by atoms with Gasteiger partial charge in [-0.2, -0.15) is 10.2 Å². The van der Waals surface area contributed by atoms with Gasteiger partial charge >= 0.3 is 96.5 Å². The van der Waals surface area contributed by atoms with Gasteiger partial charge in [-0.05, 0) is 126 Å². The van der Waals surface area contributed by atoms with Gasteiger partial charge in [-0.3, -0.25) is 80.1 Å². The Balaban J connectivity index is 0.000000803. The van der Waals surface area contributed by atoms with E-state index in [1.165, 1.54) is 62.2 Å². The maximum absolute atomic E-state index is 12.6. The zero-order valence-corrected chi connectivity index (χ0v) is 84.0. The monoisotopic (exact) mass is 2200 g/mol. The number of benzene rings is 6. The van der Waals surface area contributed by atoms with Gasteiger partial charge < -0.3 is 66.2 Å². The number of alkyl halides is 1. The first-order chi connectivity index (χ1) is 65.7. The molecular formula is C93H93BrCl4MgN20O22SSe. The Morgan fingerprint density at radius 2 is 0.867 bits per heavy atom. The molecule has 0 radical (unpaired) electrons. The Kier molecular flexibility index (Phi) is 55.0. The zero-order valence-electron chi connectivity index (χ0n) is 75.4. The summed E-state index contributed by atoms with van der Waals surface area (Å²) in [4.78, 5) is 188. The van der Waals surface area contributed by atoms with Crippen molar-refractivity contribution in [2.24, 2.45) is 5.73 Å². The Morgan fingerprint density at radius 3 is 1.22 bits per heavy atom. The average Bonchev–Trinajstić information content (AvgIpc) is 1.49. The van der Waals surface area contributed by atoms with Crippen molar-refractivity contribution in [3.05, 3.63) is 405 Å². The number of fused-ring (bicyclic) bond motifs is 4. The van der Waals surface area contributed by atoms with Crippen LogP contribution < -0.4 is 78.6 Å². The summed E-state index contributed by atoms with van der Waals surface area (Å²) < 4.78 is 31.4. The van der Waals surface area contributed by atoms with Crippen LogP contribution in [0.25, 0.3) is 56.7 Å². The van der Waals surface area contributed by atoms with Crippen molar-refractivity contribution in [2.75, 3.05) is 18.2 Å². The maximum atomic E-state index is 12.6. The molecule has 17 rings (SSSR count). The molecule has 1 unspecified atom stereocenters. The van der Waals surface area contributed by atoms with Crippen molar-refractivity contribution in [3.8, 4) is 45.3 Å². The second-order valence-electron chi connectivity index (χ2n) is 27.1. The number of Topliss-reactive ketones (excluding diaryl/α,β-unsaturated/α-hetero) is 1. The van der Waals surface area contributed by atoms with E-state index in [1.807, 2.05) is 183 Å². The molecule has 1 atom stereocenters. The molecule has 0 saturated carbocycles. The number of nitrogens with one attached hydrogen (secondary N) is 2. The summed E-state index contributed by atoms with van der Waals surface area (Å²) in [6, 6.07) is 67.2. The van der Waals surface area contributed by atoms with E-state index in [0.717, 1.165) is 53.7 Å². The van der Waals surface area contributed by atoms with Crippen LogP contribution in [0, 0.1) is 46.5 Å². The van der Waals surface area contributed by atoms with Crippen molar-refractivity contribution in [2.45, 2.75) is 75.8 Å². The summed E-state index contributed by atoms with van der Waals surface area (Å²) >= 11 is 21.5. The van der Waals surface area contributed by atoms with Gasteiger partial charge in [0.15, 0.2) is 17.1 Å². The number of H-pyrrole nitrogens is 2. The minimum atomic E-state index is -1.62. The van der Waals surface area contributed by atoms with Crippen molar-refractivity contribution in [3.63, 3.8) is 0 Å². The fraction of sp³-hybridized carbons (Fsp3) is 0.140. The van der Waals surface area contributed by atoms with E-state index < -0.39 is 77.9 Å². The van der Waals surface area contributed by atoms with Gasteiger partial charge in [-0.1, -0.05) is 159 Å². The minimum absolute atomic E-state index is 0. The Morgan fingerprint density at radius 1 is 0.531 bits per heavy atom. The second-order valence-corrected chi connectivity index (χ2v) is 29.9. The molecule has 746 valence electrons. The zero-order chi connectivity index (χ0) is 102. The third-order valence-corrected chi connectivity index (χ3v) is 19.1. The van der Waals surface area contributed by atoms with Gasteiger partial charge in [0.25, 0.3) is 17.1 Å². The number of aliphatic carboxylic acids is 3. The number of nitrogens with two attached hydrogens (primary N) is 2. The van der Waals surface area contributed by atoms with Crippen molar-refractivity contribution in [1.82, 2.24) is 79.9 Å². The Hall–Kier alpha value is -15.4. The molecule has 6 aromatic carbocycles. The molecule has 0 spiro atoms. The summed E-state index contributed by atoms with van der Waals surface area (Å²) in [6.07, 6.45) is 7.23. The maximum Gasteiger partial charge on any atom is 2.00 e. The molecule has 11 heterocycles. The molecular weight excluding hydrogens is 2110 g/mol. The van der Waals surface area contributed by atoms with E-state index in [2.05, 4.69) is 35.6 Å². The summed E-state index contributed by atoms with van der Waals surface area (Å²) in [6.45, 7) is 11.3. The van der Waals surface area contributed by atoms with Crippen molar-refractivity contribution < 1.29 is 79.0 Å². The van der Waals surface area contributed by atoms with E-state index in [-0.39, 0.29) is 130 Å². The van der Waals surface area contributed by atoms with Crippen LogP contribution in [0.1, 0.15) is 97.5 Å². The number of aliphatic hydroxyl groups excluding tert-OH is 1. The van der Waals surface area contributed by atoms with Gasteiger partial charge in [-0.15, -0.1) is 11.6 Å². The van der Waals surface area contributed by atoms with Crippen molar-refractivity contribution >= 4 is 160 Å². The van der Waals surface area contributed by atoms with E-state index >= 15 is 0 Å². The number of halogens is 5. The number of carboxylic acids is 3. The molecule has 50 heteroatoms. The predicted octanol–water partition coefficient (Wildman–Crippen LogP) is 7.30. The number of para-hydroxylation sites is 6. The SMILES string of the molecule is C.C.CC(=O)O.CC(=O)c1c(O)sc(=O)[nH]c1=O.CC(O)c1cc2ncc(Cl)n2c(=O)n1-c1ccccc1.Cc1cc(=O)[nH]c(=O)n1-c1ccccc1.Cc1cc(N)nc(=O)n1-c1ccccc1.Cc1cc2ncc(Cl)n2c(=O)n1-c1ccccc1.Cc1cc2nccn2c(=O)n1-c1ccccc1.N#CCN.O=C(O)CC(=O)O.O=CCCl.O=Cc1cc2ncc(Cl)n2c(=O)n1-c1ccccc1.O=[Se]=O.[Br-].[CH3-].[Mg+2]. The number of aromatic nitrogens is 17. The number of nitrogen functional groups attached to an aromatic ring is 1. The second kappa shape index (κ2) is 62.6. The van der Waals surface area contributed by atoms with Crippen LogP contribution >= 0.6 is 57.7 Å². The summed E-state index contributed by atoms with van der Waals surface area (Å²) in [5.74, 6) is -3.66. The molecule has 0 fully saturated rings. The van der Waals surface area contributed by atoms with E-state index in [4.69, 9.17) is 95.1 Å². The Bertz CT molecular complexity index is 7790. The number of aryl methyl sites for hydroxylation is 4. The number of imidazole rings is 4. The first-order valence-electron chi connectivity index (χ1n) is 39.4. The third-order valence-electron chi connectivity index (χ3n) is 17.4. The smallest absolute Gasteiger partial charge is 1.00 e. The molecule has 11 N–H and O–H groups in total. The predicted molar refractivity (Wildman–Crippen MR) is 540 cm³/mol. The number of aliphatic hydroxyl groups is 1. The summed E-state index contributed by atoms with van der Waals surface area (Å²) in [7, 11) is 0. The first kappa shape index (κ1) is 126. The van der Waals surface area contributed by atoms with Gasteiger partial charge in [0, 0.05) is 78.5 Å². The van der Waals surface area contributed by atoms with Gasteiger partial charge in [0.2, 0.25) is 0 Å². The van der Waals surface area contributed by atoms with Crippen LogP contribution in [-0.4, -0.2) is 192 Å². The molecule has 0 amide bonds. The molecule has 11 aromatic heterocycles. The first-order valence-corrected chi connectivity index (χ1v) is 43.3. The fourth-order valence-corrected chi connectivity index (χ4v) is 13.3. The molecule has 0 saturated heterocycles. The number of carbonyl (C=O) groups is 6. The van der Waals surface area contributed by atoms with Crippen LogP contribution in [-0.2, 0) is 26.8 Å². The third kappa shape index (κ3) is 36.0. The number of aldehydes is 2. The number of ketones is 1. The molecule has 0 bridgehead atoms. The number of nitrogens with zero attached hydrogens (tertiary/aromatic N) is 16. The number of carboxylic acid groups (broad SMARTS) is 3. The van der Waals surface area contributed by atoms with Crippen molar-refractivity contribution in [1.29, 1.82) is 5.26 Å². The molecule has 42 nitrogen and oxygen atoms in total. The van der Waals surface area contributed by atoms with Crippen LogP contribution in [0.15, 0.2) is 293 Å².